The molecule has 0 bridgehead atoms. The lowest BCUT2D eigenvalue weighted by Gasteiger charge is -2.31. The molecular weight excluding hydrogens is 266 g/mol. The van der Waals surface area contributed by atoms with Gasteiger partial charge in [0.25, 0.3) is 0 Å². The highest BCUT2D eigenvalue weighted by Gasteiger charge is 2.27. The average molecular weight is 299 g/mol. The molecule has 0 spiro atoms. The van der Waals surface area contributed by atoms with Crippen LogP contribution in [0.5, 0.6) is 0 Å². The van der Waals surface area contributed by atoms with E-state index in [4.69, 9.17) is 15.2 Å². The van der Waals surface area contributed by atoms with E-state index in [1.165, 1.54) is 0 Å². The highest BCUT2D eigenvalue weighted by atomic mass is 16.5. The van der Waals surface area contributed by atoms with Gasteiger partial charge in [-0.05, 0) is 50.0 Å². The van der Waals surface area contributed by atoms with Crippen molar-refractivity contribution < 1.29 is 14.3 Å². The van der Waals surface area contributed by atoms with E-state index in [9.17, 15) is 4.79 Å². The molecule has 4 nitrogen and oxygen atoms in total. The van der Waals surface area contributed by atoms with Crippen molar-refractivity contribution in [2.75, 3.05) is 13.7 Å². The highest BCUT2D eigenvalue weighted by Crippen LogP contribution is 2.32. The van der Waals surface area contributed by atoms with E-state index in [0.717, 1.165) is 38.5 Å². The van der Waals surface area contributed by atoms with Crippen molar-refractivity contribution in [1.82, 2.24) is 0 Å². The van der Waals surface area contributed by atoms with Crippen LogP contribution in [0.25, 0.3) is 0 Å². The molecule has 0 radical (unpaired) electrons. The molecule has 0 aromatic carbocycles. The average Bonchev–Trinajstić information content (AvgIpc) is 2.42. The number of rotatable bonds is 7. The molecule has 0 saturated heterocycles. The number of carbonyl (C=O) groups excluding carboxylic acids is 1. The van der Waals surface area contributed by atoms with Gasteiger partial charge in [0.05, 0.1) is 6.10 Å². The second kappa shape index (κ2) is 8.74. The molecule has 0 amide bonds. The molecule has 2 N–H and O–H groups in total. The predicted molar refractivity (Wildman–Crippen MR) is 85.0 cm³/mol. The number of methoxy groups -OCH3 is 1. The fraction of sp³-hybridized carbons (Fsp3) is 0.941. The molecule has 3 atom stereocenters. The quantitative estimate of drug-likeness (QED) is 0.733. The third-order valence-corrected chi connectivity index (χ3v) is 4.65. The van der Waals surface area contributed by atoms with Crippen LogP contribution in [-0.2, 0) is 14.3 Å². The Hall–Kier alpha value is -0.610. The maximum atomic E-state index is 12.0. The molecule has 1 saturated carbocycles. The second-order valence-electron chi connectivity index (χ2n) is 7.32. The highest BCUT2D eigenvalue weighted by molar-refractivity contribution is 5.69. The Morgan fingerprint density at radius 1 is 1.24 bits per heavy atom. The van der Waals surface area contributed by atoms with Crippen molar-refractivity contribution in [3.63, 3.8) is 0 Å². The molecule has 124 valence electrons. The van der Waals surface area contributed by atoms with Crippen LogP contribution in [0.15, 0.2) is 0 Å². The van der Waals surface area contributed by atoms with Crippen LogP contribution in [0.4, 0.5) is 0 Å². The minimum Gasteiger partial charge on any atom is -0.462 e. The van der Waals surface area contributed by atoms with Gasteiger partial charge in [-0.2, -0.15) is 0 Å². The number of hydrogen-bond donors (Lipinski definition) is 1. The van der Waals surface area contributed by atoms with Crippen molar-refractivity contribution >= 4 is 5.97 Å². The number of carbonyl (C=O) groups is 1. The van der Waals surface area contributed by atoms with Gasteiger partial charge in [-0.15, -0.1) is 0 Å². The summed E-state index contributed by atoms with van der Waals surface area (Å²) in [4.78, 5) is 12.0. The normalized spacial score (nSPS) is 24.6. The molecule has 3 unspecified atom stereocenters. The first-order valence-corrected chi connectivity index (χ1v) is 8.29. The van der Waals surface area contributed by atoms with Crippen LogP contribution in [0.2, 0.25) is 0 Å². The van der Waals surface area contributed by atoms with E-state index in [-0.39, 0.29) is 23.6 Å². The number of nitrogens with two attached hydrogens (primary N) is 1. The van der Waals surface area contributed by atoms with Gasteiger partial charge in [0, 0.05) is 20.0 Å². The number of esters is 1. The SMILES string of the molecule is COC1CCCC(OC(=O)CCC(CCN)C(C)(C)C)C1. The van der Waals surface area contributed by atoms with Crippen LogP contribution in [0, 0.1) is 11.3 Å². The molecule has 0 aromatic heterocycles. The van der Waals surface area contributed by atoms with Gasteiger partial charge >= 0.3 is 5.97 Å². The summed E-state index contributed by atoms with van der Waals surface area (Å²) in [5, 5.41) is 0. The van der Waals surface area contributed by atoms with E-state index in [2.05, 4.69) is 20.8 Å². The Kier molecular flexibility index (Phi) is 7.67. The molecule has 1 fully saturated rings. The van der Waals surface area contributed by atoms with Crippen molar-refractivity contribution in [1.29, 1.82) is 0 Å². The fourth-order valence-corrected chi connectivity index (χ4v) is 3.17. The van der Waals surface area contributed by atoms with Crippen LogP contribution in [0.3, 0.4) is 0 Å². The van der Waals surface area contributed by atoms with Gasteiger partial charge in [-0.1, -0.05) is 20.8 Å². The van der Waals surface area contributed by atoms with Crippen molar-refractivity contribution in [3.05, 3.63) is 0 Å². The standard InChI is InChI=1S/C17H33NO3/c1-17(2,3)13(10-11-18)8-9-16(19)21-15-7-5-6-14(12-15)20-4/h13-15H,5-12,18H2,1-4H3. The Morgan fingerprint density at radius 2 is 1.90 bits per heavy atom. The van der Waals surface area contributed by atoms with Crippen molar-refractivity contribution in [2.45, 2.75) is 77.9 Å². The van der Waals surface area contributed by atoms with E-state index >= 15 is 0 Å². The summed E-state index contributed by atoms with van der Waals surface area (Å²) in [5.74, 6) is 0.399. The number of ether oxygens (including phenoxy) is 2. The fourth-order valence-electron chi connectivity index (χ4n) is 3.17. The second-order valence-corrected chi connectivity index (χ2v) is 7.32. The zero-order chi connectivity index (χ0) is 15.9. The summed E-state index contributed by atoms with van der Waals surface area (Å²) in [6, 6.07) is 0. The van der Waals surface area contributed by atoms with Crippen LogP contribution >= 0.6 is 0 Å². The molecule has 1 aliphatic rings. The Bertz CT molecular complexity index is 312. The van der Waals surface area contributed by atoms with Gasteiger partial charge in [-0.3, -0.25) is 4.79 Å². The molecule has 4 heteroatoms. The first-order chi connectivity index (χ1) is 9.86. The lowest BCUT2D eigenvalue weighted by atomic mass is 9.76. The van der Waals surface area contributed by atoms with E-state index in [1.54, 1.807) is 7.11 Å². The lowest BCUT2D eigenvalue weighted by Crippen LogP contribution is -2.30. The summed E-state index contributed by atoms with van der Waals surface area (Å²) < 4.78 is 11.0. The van der Waals surface area contributed by atoms with Crippen LogP contribution in [-0.4, -0.2) is 31.8 Å². The van der Waals surface area contributed by atoms with Crippen molar-refractivity contribution in [2.24, 2.45) is 17.1 Å². The third-order valence-electron chi connectivity index (χ3n) is 4.65. The molecular formula is C17H33NO3. The summed E-state index contributed by atoms with van der Waals surface area (Å²) in [5.41, 5.74) is 5.87. The molecule has 0 aliphatic heterocycles. The largest absolute Gasteiger partial charge is 0.462 e. The van der Waals surface area contributed by atoms with Gasteiger partial charge in [0.1, 0.15) is 6.10 Å². The molecule has 1 rings (SSSR count). The topological polar surface area (TPSA) is 61.5 Å². The Labute approximate surface area is 129 Å². The smallest absolute Gasteiger partial charge is 0.306 e. The minimum absolute atomic E-state index is 0.0406. The molecule has 21 heavy (non-hydrogen) atoms. The van der Waals surface area contributed by atoms with Crippen LogP contribution in [0.1, 0.15) is 65.7 Å². The third kappa shape index (κ3) is 6.79. The van der Waals surface area contributed by atoms with E-state index < -0.39 is 0 Å². The van der Waals surface area contributed by atoms with E-state index in [0.29, 0.717) is 18.9 Å². The summed E-state index contributed by atoms with van der Waals surface area (Å²) in [6.45, 7) is 7.31. The monoisotopic (exact) mass is 299 g/mol. The Balaban J connectivity index is 2.35. The first kappa shape index (κ1) is 18.4. The van der Waals surface area contributed by atoms with Gasteiger partial charge < -0.3 is 15.2 Å². The zero-order valence-electron chi connectivity index (χ0n) is 14.2. The van der Waals surface area contributed by atoms with Gasteiger partial charge in [0.15, 0.2) is 0 Å². The molecule has 1 aliphatic carbocycles. The van der Waals surface area contributed by atoms with E-state index in [1.807, 2.05) is 0 Å². The van der Waals surface area contributed by atoms with Crippen molar-refractivity contribution in [3.8, 4) is 0 Å². The predicted octanol–water partition coefficient (Wildman–Crippen LogP) is 3.28. The van der Waals surface area contributed by atoms with Gasteiger partial charge in [0.2, 0.25) is 0 Å². The maximum Gasteiger partial charge on any atom is 0.306 e. The summed E-state index contributed by atoms with van der Waals surface area (Å²) >= 11 is 0. The van der Waals surface area contributed by atoms with Gasteiger partial charge in [-0.25, -0.2) is 0 Å². The number of hydrogen-bond acceptors (Lipinski definition) is 4. The summed E-state index contributed by atoms with van der Waals surface area (Å²) in [7, 11) is 1.73. The molecule has 0 aromatic rings. The molecule has 0 heterocycles. The van der Waals surface area contributed by atoms with Crippen LogP contribution < -0.4 is 5.73 Å². The first-order valence-electron chi connectivity index (χ1n) is 8.29. The Morgan fingerprint density at radius 3 is 2.48 bits per heavy atom. The summed E-state index contributed by atoms with van der Waals surface area (Å²) in [6.07, 6.45) is 6.57. The maximum absolute atomic E-state index is 12.0. The zero-order valence-corrected chi connectivity index (χ0v) is 14.2. The minimum atomic E-state index is -0.0666. The lowest BCUT2D eigenvalue weighted by molar-refractivity contribution is -0.153.